The Hall–Kier alpha value is -3.26. The molecule has 1 aromatic heterocycles. The van der Waals surface area contributed by atoms with Crippen molar-refractivity contribution in [3.05, 3.63) is 108 Å². The van der Waals surface area contributed by atoms with Gasteiger partial charge in [0, 0.05) is 17.5 Å². The van der Waals surface area contributed by atoms with Gasteiger partial charge >= 0.3 is 0 Å². The molecule has 4 aromatic rings. The van der Waals surface area contributed by atoms with Crippen LogP contribution in [-0.4, -0.2) is 9.97 Å². The van der Waals surface area contributed by atoms with Gasteiger partial charge in [-0.1, -0.05) is 90.5 Å². The van der Waals surface area contributed by atoms with Crippen molar-refractivity contribution in [3.8, 4) is 22.4 Å². The number of hydrogen-bond acceptors (Lipinski definition) is 2. The van der Waals surface area contributed by atoms with Crippen molar-refractivity contribution in [1.29, 1.82) is 0 Å². The van der Waals surface area contributed by atoms with E-state index in [1.807, 2.05) is 24.3 Å². The molecule has 0 unspecified atom stereocenters. The first kappa shape index (κ1) is 16.2. The Morgan fingerprint density at radius 1 is 0.654 bits per heavy atom. The Morgan fingerprint density at radius 2 is 1.31 bits per heavy atom. The maximum absolute atomic E-state index is 4.65. The third kappa shape index (κ3) is 3.40. The molecule has 0 aliphatic carbocycles. The minimum Gasteiger partial charge on any atom is -0.240 e. The molecule has 0 amide bonds. The fraction of sp³-hybridized carbons (Fsp3) is 0.0833. The molecule has 126 valence electrons. The summed E-state index contributed by atoms with van der Waals surface area (Å²) < 4.78 is 0. The van der Waals surface area contributed by atoms with Crippen LogP contribution in [0.3, 0.4) is 0 Å². The van der Waals surface area contributed by atoms with E-state index >= 15 is 0 Å². The first-order valence-corrected chi connectivity index (χ1v) is 8.81. The van der Waals surface area contributed by atoms with Gasteiger partial charge in [-0.25, -0.2) is 9.97 Å². The van der Waals surface area contributed by atoms with Gasteiger partial charge in [-0.2, -0.15) is 0 Å². The highest BCUT2D eigenvalue weighted by molar-refractivity contribution is 5.82. The molecular weight excluding hydrogens is 316 g/mol. The van der Waals surface area contributed by atoms with E-state index < -0.39 is 0 Å². The molecule has 4 rings (SSSR count). The topological polar surface area (TPSA) is 25.8 Å². The minimum absolute atomic E-state index is 0.784. The normalized spacial score (nSPS) is 10.7. The summed E-state index contributed by atoms with van der Waals surface area (Å²) in [4.78, 5) is 9.29. The summed E-state index contributed by atoms with van der Waals surface area (Å²) in [5, 5.41) is 0. The van der Waals surface area contributed by atoms with Crippen molar-refractivity contribution in [2.24, 2.45) is 0 Å². The number of aryl methyl sites for hydroxylation is 1. The van der Waals surface area contributed by atoms with Crippen molar-refractivity contribution >= 4 is 0 Å². The van der Waals surface area contributed by atoms with Crippen LogP contribution in [0, 0.1) is 6.92 Å². The summed E-state index contributed by atoms with van der Waals surface area (Å²) in [5.74, 6) is 0. The second-order valence-corrected chi connectivity index (χ2v) is 6.44. The van der Waals surface area contributed by atoms with Gasteiger partial charge in [-0.15, -0.1) is 0 Å². The van der Waals surface area contributed by atoms with Crippen molar-refractivity contribution in [3.63, 3.8) is 0 Å². The number of aromatic nitrogens is 2. The lowest BCUT2D eigenvalue weighted by molar-refractivity contribution is 1.03. The second-order valence-electron chi connectivity index (χ2n) is 6.44. The quantitative estimate of drug-likeness (QED) is 0.477. The van der Waals surface area contributed by atoms with E-state index in [0.29, 0.717) is 0 Å². The van der Waals surface area contributed by atoms with E-state index in [-0.39, 0.29) is 0 Å². The fourth-order valence-electron chi connectivity index (χ4n) is 3.18. The van der Waals surface area contributed by atoms with Crippen LogP contribution in [0.2, 0.25) is 0 Å². The van der Waals surface area contributed by atoms with Crippen LogP contribution in [0.4, 0.5) is 0 Å². The predicted octanol–water partition coefficient (Wildman–Crippen LogP) is 5.71. The van der Waals surface area contributed by atoms with E-state index in [9.17, 15) is 0 Å². The zero-order valence-electron chi connectivity index (χ0n) is 14.8. The lowest BCUT2D eigenvalue weighted by Gasteiger charge is -2.14. The van der Waals surface area contributed by atoms with Gasteiger partial charge in [0.05, 0.1) is 11.4 Å². The third-order valence-electron chi connectivity index (χ3n) is 4.53. The molecule has 0 atom stereocenters. The molecule has 26 heavy (non-hydrogen) atoms. The average Bonchev–Trinajstić information content (AvgIpc) is 2.70. The lowest BCUT2D eigenvalue weighted by atomic mass is 9.94. The van der Waals surface area contributed by atoms with Gasteiger partial charge in [0.1, 0.15) is 6.33 Å². The van der Waals surface area contributed by atoms with Crippen molar-refractivity contribution in [1.82, 2.24) is 9.97 Å². The Bertz CT molecular complexity index is 991. The minimum atomic E-state index is 0.784. The molecule has 0 aliphatic heterocycles. The zero-order chi connectivity index (χ0) is 17.8. The number of nitrogens with zero attached hydrogens (tertiary/aromatic N) is 2. The number of hydrogen-bond donors (Lipinski definition) is 0. The van der Waals surface area contributed by atoms with E-state index in [4.69, 9.17) is 0 Å². The Balaban J connectivity index is 1.89. The molecule has 0 radical (unpaired) electrons. The maximum Gasteiger partial charge on any atom is 0.116 e. The third-order valence-corrected chi connectivity index (χ3v) is 4.53. The molecule has 0 saturated carbocycles. The molecule has 2 heteroatoms. The first-order valence-electron chi connectivity index (χ1n) is 8.81. The van der Waals surface area contributed by atoms with Crippen molar-refractivity contribution in [2.75, 3.05) is 0 Å². The molecule has 0 N–H and O–H groups in total. The molecule has 1 heterocycles. The summed E-state index contributed by atoms with van der Waals surface area (Å²) >= 11 is 0. The summed E-state index contributed by atoms with van der Waals surface area (Å²) in [6.07, 6.45) is 2.46. The van der Waals surface area contributed by atoms with Crippen LogP contribution in [0.5, 0.6) is 0 Å². The van der Waals surface area contributed by atoms with Crippen LogP contribution in [0.15, 0.2) is 91.3 Å². The maximum atomic E-state index is 4.65. The Labute approximate surface area is 154 Å². The highest BCUT2D eigenvalue weighted by Gasteiger charge is 2.15. The standard InChI is InChI=1S/C24H20N2/c1-18-12-14-20(15-13-18)23-22(16-19-8-4-2-5-9-19)25-17-26-24(23)21-10-6-3-7-11-21/h2-15,17H,16H2,1H3. The van der Waals surface area contributed by atoms with Gasteiger partial charge in [0.15, 0.2) is 0 Å². The largest absolute Gasteiger partial charge is 0.240 e. The van der Waals surface area contributed by atoms with Gasteiger partial charge in [-0.3, -0.25) is 0 Å². The summed E-state index contributed by atoms with van der Waals surface area (Å²) in [6, 6.07) is 29.4. The van der Waals surface area contributed by atoms with E-state index in [2.05, 4.69) is 77.6 Å². The molecular formula is C24H20N2. The molecule has 0 bridgehead atoms. The van der Waals surface area contributed by atoms with Crippen LogP contribution in [0.1, 0.15) is 16.8 Å². The Kier molecular flexibility index (Phi) is 4.57. The van der Waals surface area contributed by atoms with Crippen LogP contribution < -0.4 is 0 Å². The SMILES string of the molecule is Cc1ccc(-c2c(Cc3ccccc3)ncnc2-c2ccccc2)cc1. The first-order chi connectivity index (χ1) is 12.8. The Morgan fingerprint density at radius 3 is 2.00 bits per heavy atom. The molecule has 0 aliphatic rings. The number of rotatable bonds is 4. The van der Waals surface area contributed by atoms with Crippen LogP contribution in [-0.2, 0) is 6.42 Å². The highest BCUT2D eigenvalue weighted by Crippen LogP contribution is 2.33. The lowest BCUT2D eigenvalue weighted by Crippen LogP contribution is -2.01. The summed E-state index contributed by atoms with van der Waals surface area (Å²) in [5.41, 5.74) is 7.91. The van der Waals surface area contributed by atoms with Crippen molar-refractivity contribution in [2.45, 2.75) is 13.3 Å². The monoisotopic (exact) mass is 336 g/mol. The van der Waals surface area contributed by atoms with Crippen LogP contribution in [0.25, 0.3) is 22.4 Å². The zero-order valence-corrected chi connectivity index (χ0v) is 14.8. The molecule has 0 saturated heterocycles. The van der Waals surface area contributed by atoms with Crippen molar-refractivity contribution < 1.29 is 0 Å². The molecule has 0 spiro atoms. The number of benzene rings is 3. The van der Waals surface area contributed by atoms with Gasteiger partial charge < -0.3 is 0 Å². The molecule has 2 nitrogen and oxygen atoms in total. The highest BCUT2D eigenvalue weighted by atomic mass is 14.8. The van der Waals surface area contributed by atoms with Gasteiger partial charge in [0.2, 0.25) is 0 Å². The summed E-state index contributed by atoms with van der Waals surface area (Å²) in [6.45, 7) is 2.11. The smallest absolute Gasteiger partial charge is 0.116 e. The average molecular weight is 336 g/mol. The van der Waals surface area contributed by atoms with E-state index in [0.717, 1.165) is 34.5 Å². The van der Waals surface area contributed by atoms with Gasteiger partial charge in [-0.05, 0) is 18.1 Å². The summed E-state index contributed by atoms with van der Waals surface area (Å²) in [7, 11) is 0. The van der Waals surface area contributed by atoms with Gasteiger partial charge in [0.25, 0.3) is 0 Å². The molecule has 0 fully saturated rings. The molecule has 3 aromatic carbocycles. The van der Waals surface area contributed by atoms with Crippen LogP contribution >= 0.6 is 0 Å². The predicted molar refractivity (Wildman–Crippen MR) is 107 cm³/mol. The van der Waals surface area contributed by atoms with E-state index in [1.54, 1.807) is 6.33 Å². The fourth-order valence-corrected chi connectivity index (χ4v) is 3.18. The second kappa shape index (κ2) is 7.32. The van der Waals surface area contributed by atoms with E-state index in [1.165, 1.54) is 11.1 Å².